The fraction of sp³-hybridized carbons (Fsp3) is 0.600. The van der Waals surface area contributed by atoms with Crippen LogP contribution in [0.15, 0.2) is 18.6 Å². The third-order valence-electron chi connectivity index (χ3n) is 4.57. The lowest BCUT2D eigenvalue weighted by molar-refractivity contribution is 0.479. The average molecular weight is 316 g/mol. The molecule has 1 saturated heterocycles. The Morgan fingerprint density at radius 1 is 1.18 bits per heavy atom. The number of aromatic nitrogens is 4. The molecule has 1 aliphatic carbocycles. The van der Waals surface area contributed by atoms with Crippen molar-refractivity contribution in [1.29, 1.82) is 0 Å². The normalized spacial score (nSPS) is 19.4. The van der Waals surface area contributed by atoms with Crippen LogP contribution in [-0.4, -0.2) is 46.3 Å². The first-order chi connectivity index (χ1) is 10.8. The molecule has 4 rings (SSSR count). The van der Waals surface area contributed by atoms with Gasteiger partial charge in [-0.15, -0.1) is 10.2 Å². The van der Waals surface area contributed by atoms with Crippen LogP contribution in [0.4, 0.5) is 10.9 Å². The van der Waals surface area contributed by atoms with Gasteiger partial charge in [0.15, 0.2) is 0 Å². The van der Waals surface area contributed by atoms with E-state index in [9.17, 15) is 0 Å². The first-order valence-electron chi connectivity index (χ1n) is 7.88. The smallest absolute Gasteiger partial charge is 0.208 e. The molecule has 0 aromatic carbocycles. The van der Waals surface area contributed by atoms with Crippen LogP contribution in [0.1, 0.15) is 36.6 Å². The van der Waals surface area contributed by atoms with Crippen LogP contribution in [0.5, 0.6) is 0 Å². The summed E-state index contributed by atoms with van der Waals surface area (Å²) in [7, 11) is 2.12. The summed E-state index contributed by atoms with van der Waals surface area (Å²) in [4.78, 5) is 13.0. The van der Waals surface area contributed by atoms with Crippen molar-refractivity contribution in [3.63, 3.8) is 0 Å². The molecule has 1 saturated carbocycles. The number of anilines is 2. The van der Waals surface area contributed by atoms with Crippen LogP contribution in [0, 0.1) is 0 Å². The molecule has 2 aromatic rings. The fourth-order valence-electron chi connectivity index (χ4n) is 2.97. The second-order valence-corrected chi connectivity index (χ2v) is 7.08. The second-order valence-electron chi connectivity index (χ2n) is 6.09. The standard InChI is InChI=1S/C15H20N6S/c1-20(13-4-7-16-10-17-13)12-5-8-21(9-6-12)15-19-18-14(22-15)11-2-3-11/h4,7,10-12H,2-3,5-6,8-9H2,1H3. The van der Waals surface area contributed by atoms with Crippen LogP contribution in [0.3, 0.4) is 0 Å². The second kappa shape index (κ2) is 5.79. The predicted octanol–water partition coefficient (Wildman–Crippen LogP) is 2.31. The van der Waals surface area contributed by atoms with Crippen molar-refractivity contribution in [2.45, 2.75) is 37.6 Å². The SMILES string of the molecule is CN(c1ccncn1)C1CCN(c2nnc(C3CC3)s2)CC1. The van der Waals surface area contributed by atoms with E-state index < -0.39 is 0 Å². The van der Waals surface area contributed by atoms with E-state index >= 15 is 0 Å². The van der Waals surface area contributed by atoms with Crippen LogP contribution < -0.4 is 9.80 Å². The third kappa shape index (κ3) is 2.77. The van der Waals surface area contributed by atoms with Gasteiger partial charge in [-0.2, -0.15) is 0 Å². The van der Waals surface area contributed by atoms with Crippen LogP contribution in [0.25, 0.3) is 0 Å². The van der Waals surface area contributed by atoms with E-state index in [0.717, 1.165) is 36.9 Å². The zero-order valence-corrected chi connectivity index (χ0v) is 13.5. The van der Waals surface area contributed by atoms with Gasteiger partial charge in [-0.1, -0.05) is 11.3 Å². The topological polar surface area (TPSA) is 58.0 Å². The monoisotopic (exact) mass is 316 g/mol. The van der Waals surface area contributed by atoms with E-state index in [1.807, 2.05) is 6.07 Å². The van der Waals surface area contributed by atoms with Crippen LogP contribution in [0.2, 0.25) is 0 Å². The number of rotatable bonds is 4. The quantitative estimate of drug-likeness (QED) is 0.863. The molecular weight excluding hydrogens is 296 g/mol. The lowest BCUT2D eigenvalue weighted by atomic mass is 10.0. The van der Waals surface area contributed by atoms with Crippen molar-refractivity contribution in [2.24, 2.45) is 0 Å². The lowest BCUT2D eigenvalue weighted by Crippen LogP contribution is -2.43. The van der Waals surface area contributed by atoms with Gasteiger partial charge in [0.05, 0.1) is 0 Å². The molecule has 0 spiro atoms. The Labute approximate surface area is 134 Å². The van der Waals surface area contributed by atoms with Gasteiger partial charge in [0, 0.05) is 38.3 Å². The predicted molar refractivity (Wildman–Crippen MR) is 87.6 cm³/mol. The van der Waals surface area contributed by atoms with Crippen molar-refractivity contribution < 1.29 is 0 Å². The summed E-state index contributed by atoms with van der Waals surface area (Å²) in [5.41, 5.74) is 0. The van der Waals surface area contributed by atoms with Crippen molar-refractivity contribution in [3.05, 3.63) is 23.6 Å². The average Bonchev–Trinajstić information content (AvgIpc) is 3.32. The summed E-state index contributed by atoms with van der Waals surface area (Å²) >= 11 is 1.79. The Morgan fingerprint density at radius 2 is 2.00 bits per heavy atom. The molecule has 1 aliphatic heterocycles. The Kier molecular flexibility index (Phi) is 3.65. The molecule has 116 valence electrons. The minimum absolute atomic E-state index is 0.530. The first kappa shape index (κ1) is 13.9. The number of piperidine rings is 1. The summed E-state index contributed by atoms with van der Waals surface area (Å²) in [6, 6.07) is 2.50. The molecule has 0 N–H and O–H groups in total. The maximum atomic E-state index is 4.39. The van der Waals surface area contributed by atoms with Gasteiger partial charge in [0.1, 0.15) is 17.2 Å². The van der Waals surface area contributed by atoms with Crippen LogP contribution in [-0.2, 0) is 0 Å². The van der Waals surface area contributed by atoms with Gasteiger partial charge in [-0.25, -0.2) is 9.97 Å². The molecule has 3 heterocycles. The number of hydrogen-bond donors (Lipinski definition) is 0. The molecule has 0 atom stereocenters. The van der Waals surface area contributed by atoms with Crippen LogP contribution >= 0.6 is 11.3 Å². The van der Waals surface area contributed by atoms with Gasteiger partial charge < -0.3 is 9.80 Å². The van der Waals surface area contributed by atoms with Gasteiger partial charge in [-0.3, -0.25) is 0 Å². The molecule has 2 aromatic heterocycles. The Hall–Kier alpha value is -1.76. The third-order valence-corrected chi connectivity index (χ3v) is 5.71. The lowest BCUT2D eigenvalue weighted by Gasteiger charge is -2.36. The zero-order chi connectivity index (χ0) is 14.9. The highest BCUT2D eigenvalue weighted by Gasteiger charge is 2.30. The molecule has 22 heavy (non-hydrogen) atoms. The molecule has 7 heteroatoms. The molecule has 2 fully saturated rings. The summed E-state index contributed by atoms with van der Waals surface area (Å²) in [5, 5.41) is 11.1. The van der Waals surface area contributed by atoms with Gasteiger partial charge in [0.25, 0.3) is 0 Å². The Morgan fingerprint density at radius 3 is 2.68 bits per heavy atom. The highest BCUT2D eigenvalue weighted by molar-refractivity contribution is 7.15. The van der Waals surface area contributed by atoms with E-state index in [0.29, 0.717) is 12.0 Å². The van der Waals surface area contributed by atoms with E-state index in [1.165, 1.54) is 17.8 Å². The molecule has 6 nitrogen and oxygen atoms in total. The van der Waals surface area contributed by atoms with E-state index in [4.69, 9.17) is 0 Å². The van der Waals surface area contributed by atoms with Gasteiger partial charge in [-0.05, 0) is 31.7 Å². The van der Waals surface area contributed by atoms with Gasteiger partial charge >= 0.3 is 0 Å². The molecule has 0 unspecified atom stereocenters. The highest BCUT2D eigenvalue weighted by Crippen LogP contribution is 2.42. The van der Waals surface area contributed by atoms with Crippen molar-refractivity contribution in [2.75, 3.05) is 29.9 Å². The molecule has 0 radical (unpaired) electrons. The highest BCUT2D eigenvalue weighted by atomic mass is 32.1. The minimum atomic E-state index is 0.530. The van der Waals surface area contributed by atoms with Crippen molar-refractivity contribution in [1.82, 2.24) is 20.2 Å². The fourth-order valence-corrected chi connectivity index (χ4v) is 4.04. The maximum absolute atomic E-state index is 4.39. The summed E-state index contributed by atoms with van der Waals surface area (Å²) in [5.74, 6) is 1.70. The Balaban J connectivity index is 1.37. The van der Waals surface area contributed by atoms with E-state index in [2.05, 4.69) is 37.0 Å². The van der Waals surface area contributed by atoms with E-state index in [1.54, 1.807) is 23.9 Å². The van der Waals surface area contributed by atoms with Crippen molar-refractivity contribution in [3.8, 4) is 0 Å². The Bertz CT molecular complexity index is 618. The summed E-state index contributed by atoms with van der Waals surface area (Å²) < 4.78 is 0. The van der Waals surface area contributed by atoms with E-state index in [-0.39, 0.29) is 0 Å². The number of hydrogen-bond acceptors (Lipinski definition) is 7. The van der Waals surface area contributed by atoms with Gasteiger partial charge in [0.2, 0.25) is 5.13 Å². The first-order valence-corrected chi connectivity index (χ1v) is 8.70. The molecule has 0 bridgehead atoms. The zero-order valence-electron chi connectivity index (χ0n) is 12.7. The maximum Gasteiger partial charge on any atom is 0.208 e. The van der Waals surface area contributed by atoms with Crippen molar-refractivity contribution >= 4 is 22.3 Å². The summed E-state index contributed by atoms with van der Waals surface area (Å²) in [6.45, 7) is 2.08. The minimum Gasteiger partial charge on any atom is -0.356 e. The largest absolute Gasteiger partial charge is 0.356 e. The molecule has 0 amide bonds. The molecular formula is C15H20N6S. The number of nitrogens with zero attached hydrogens (tertiary/aromatic N) is 6. The summed E-state index contributed by atoms with van der Waals surface area (Å²) in [6.07, 6.45) is 8.24. The molecule has 2 aliphatic rings.